The van der Waals surface area contributed by atoms with Crippen LogP contribution in [-0.2, 0) is 0 Å². The maximum absolute atomic E-state index is 12.0. The Bertz CT molecular complexity index is 690. The summed E-state index contributed by atoms with van der Waals surface area (Å²) in [6, 6.07) is 7.76. The third kappa shape index (κ3) is 3.41. The van der Waals surface area contributed by atoms with Gasteiger partial charge in [-0.2, -0.15) is 0 Å². The summed E-state index contributed by atoms with van der Waals surface area (Å²) in [5.41, 5.74) is -0.0980. The molecule has 102 valence electrons. The molecule has 0 saturated heterocycles. The lowest BCUT2D eigenvalue weighted by Gasteiger charge is -1.97. The number of hydrogen-bond donors (Lipinski definition) is 0. The number of allylic oxidation sites excluding steroid dienone is 1. The average Bonchev–Trinajstić information content (AvgIpc) is 2.75. The SMILES string of the molecule is O=C(/C=C/c1cc(Br)c(Br)s1)c1ccccc1[N+](=O)[O-]. The first-order valence-electron chi connectivity index (χ1n) is 5.39. The summed E-state index contributed by atoms with van der Waals surface area (Å²) in [5.74, 6) is -0.391. The van der Waals surface area contributed by atoms with Crippen molar-refractivity contribution in [1.29, 1.82) is 0 Å². The fraction of sp³-hybridized carbons (Fsp3) is 0. The van der Waals surface area contributed by atoms with Crippen molar-refractivity contribution in [2.75, 3.05) is 0 Å². The Morgan fingerprint density at radius 1 is 1.30 bits per heavy atom. The maximum Gasteiger partial charge on any atom is 0.280 e. The zero-order valence-electron chi connectivity index (χ0n) is 9.88. The topological polar surface area (TPSA) is 60.2 Å². The van der Waals surface area contributed by atoms with Crippen molar-refractivity contribution in [3.63, 3.8) is 0 Å². The monoisotopic (exact) mass is 415 g/mol. The number of ketones is 1. The molecule has 0 saturated carbocycles. The van der Waals surface area contributed by atoms with Gasteiger partial charge in [-0.25, -0.2) is 0 Å². The van der Waals surface area contributed by atoms with Gasteiger partial charge >= 0.3 is 0 Å². The molecule has 0 spiro atoms. The summed E-state index contributed by atoms with van der Waals surface area (Å²) in [7, 11) is 0. The van der Waals surface area contributed by atoms with Crippen molar-refractivity contribution >= 4 is 60.7 Å². The van der Waals surface area contributed by atoms with Crippen LogP contribution in [0.5, 0.6) is 0 Å². The van der Waals surface area contributed by atoms with Crippen LogP contribution in [0.25, 0.3) is 6.08 Å². The normalized spacial score (nSPS) is 10.9. The van der Waals surface area contributed by atoms with Crippen molar-refractivity contribution in [3.8, 4) is 0 Å². The van der Waals surface area contributed by atoms with Gasteiger partial charge in [0.25, 0.3) is 5.69 Å². The number of nitro groups is 1. The Hall–Kier alpha value is -1.31. The number of carbonyl (C=O) groups is 1. The largest absolute Gasteiger partial charge is 0.289 e. The fourth-order valence-corrected chi connectivity index (χ4v) is 3.53. The van der Waals surface area contributed by atoms with Crippen LogP contribution in [0.4, 0.5) is 5.69 Å². The van der Waals surface area contributed by atoms with Crippen molar-refractivity contribution < 1.29 is 9.72 Å². The number of thiophene rings is 1. The molecule has 0 bridgehead atoms. The summed E-state index contributed by atoms with van der Waals surface area (Å²) in [6.45, 7) is 0. The molecule has 0 aliphatic heterocycles. The summed E-state index contributed by atoms with van der Waals surface area (Å²) >= 11 is 8.18. The zero-order valence-corrected chi connectivity index (χ0v) is 13.9. The molecule has 0 radical (unpaired) electrons. The van der Waals surface area contributed by atoms with E-state index in [-0.39, 0.29) is 11.3 Å². The van der Waals surface area contributed by atoms with E-state index < -0.39 is 10.7 Å². The Morgan fingerprint density at radius 3 is 2.60 bits per heavy atom. The Morgan fingerprint density at radius 2 is 2.00 bits per heavy atom. The predicted molar refractivity (Wildman–Crippen MR) is 86.2 cm³/mol. The van der Waals surface area contributed by atoms with Crippen molar-refractivity contribution in [2.24, 2.45) is 0 Å². The van der Waals surface area contributed by atoms with Gasteiger partial charge in [-0.15, -0.1) is 11.3 Å². The van der Waals surface area contributed by atoms with Gasteiger partial charge in [0, 0.05) is 15.4 Å². The van der Waals surface area contributed by atoms with Crippen LogP contribution in [0, 0.1) is 10.1 Å². The number of rotatable bonds is 4. The lowest BCUT2D eigenvalue weighted by molar-refractivity contribution is -0.385. The average molecular weight is 417 g/mol. The molecule has 0 amide bonds. The van der Waals surface area contributed by atoms with Gasteiger partial charge in [0.2, 0.25) is 0 Å². The summed E-state index contributed by atoms with van der Waals surface area (Å²) in [5, 5.41) is 10.9. The van der Waals surface area contributed by atoms with Crippen LogP contribution in [0.15, 0.2) is 44.7 Å². The molecule has 1 heterocycles. The standard InChI is InChI=1S/C13H7Br2NO3S/c14-10-7-8(20-13(10)15)5-6-12(17)9-3-1-2-4-11(9)16(18)19/h1-7H/b6-5+. The minimum absolute atomic E-state index is 0.0865. The van der Waals surface area contributed by atoms with Crippen LogP contribution in [0.1, 0.15) is 15.2 Å². The highest BCUT2D eigenvalue weighted by Crippen LogP contribution is 2.33. The zero-order chi connectivity index (χ0) is 14.7. The first kappa shape index (κ1) is 15.1. The second-order valence-electron chi connectivity index (χ2n) is 3.74. The second kappa shape index (κ2) is 6.43. The number of para-hydroxylation sites is 1. The molecule has 1 aromatic carbocycles. The molecular formula is C13H7Br2NO3S. The van der Waals surface area contributed by atoms with E-state index in [2.05, 4.69) is 31.9 Å². The highest BCUT2D eigenvalue weighted by Gasteiger charge is 2.16. The molecule has 7 heteroatoms. The van der Waals surface area contributed by atoms with Gasteiger partial charge in [0.05, 0.1) is 14.3 Å². The third-order valence-electron chi connectivity index (χ3n) is 2.43. The molecule has 0 aliphatic rings. The van der Waals surface area contributed by atoms with Gasteiger partial charge < -0.3 is 0 Å². The number of benzene rings is 1. The predicted octanol–water partition coefficient (Wildman–Crippen LogP) is 5.08. The molecule has 20 heavy (non-hydrogen) atoms. The smallest absolute Gasteiger partial charge is 0.280 e. The van der Waals surface area contributed by atoms with Crippen LogP contribution < -0.4 is 0 Å². The lowest BCUT2D eigenvalue weighted by Crippen LogP contribution is -2.00. The molecule has 4 nitrogen and oxygen atoms in total. The molecule has 0 unspecified atom stereocenters. The number of hydrogen-bond acceptors (Lipinski definition) is 4. The van der Waals surface area contributed by atoms with E-state index in [0.29, 0.717) is 0 Å². The highest BCUT2D eigenvalue weighted by atomic mass is 79.9. The summed E-state index contributed by atoms with van der Waals surface area (Å²) < 4.78 is 1.83. The molecule has 0 aliphatic carbocycles. The minimum Gasteiger partial charge on any atom is -0.289 e. The summed E-state index contributed by atoms with van der Waals surface area (Å²) in [6.07, 6.45) is 2.98. The van der Waals surface area contributed by atoms with E-state index in [1.54, 1.807) is 12.1 Å². The lowest BCUT2D eigenvalue weighted by atomic mass is 10.1. The van der Waals surface area contributed by atoms with Crippen molar-refractivity contribution in [3.05, 3.63) is 65.2 Å². The Kier molecular flexibility index (Phi) is 4.85. The van der Waals surface area contributed by atoms with E-state index in [0.717, 1.165) is 13.1 Å². The van der Waals surface area contributed by atoms with E-state index in [4.69, 9.17) is 0 Å². The van der Waals surface area contributed by atoms with Crippen LogP contribution in [0.2, 0.25) is 0 Å². The van der Waals surface area contributed by atoms with Crippen molar-refractivity contribution in [2.45, 2.75) is 0 Å². The van der Waals surface area contributed by atoms with E-state index in [1.165, 1.54) is 35.6 Å². The molecule has 0 fully saturated rings. The van der Waals surface area contributed by atoms with Gasteiger partial charge in [0.1, 0.15) is 0 Å². The fourth-order valence-electron chi connectivity index (χ4n) is 1.53. The molecule has 0 N–H and O–H groups in total. The highest BCUT2D eigenvalue weighted by molar-refractivity contribution is 9.13. The second-order valence-corrected chi connectivity index (χ2v) is 7.00. The van der Waals surface area contributed by atoms with Gasteiger partial charge in [0.15, 0.2) is 5.78 Å². The third-order valence-corrected chi connectivity index (χ3v) is 5.65. The molecule has 0 atom stereocenters. The van der Waals surface area contributed by atoms with Gasteiger partial charge in [-0.1, -0.05) is 12.1 Å². The molecule has 2 aromatic rings. The number of halogens is 2. The van der Waals surface area contributed by atoms with E-state index in [1.807, 2.05) is 6.07 Å². The van der Waals surface area contributed by atoms with Crippen LogP contribution >= 0.6 is 43.2 Å². The summed E-state index contributed by atoms with van der Waals surface area (Å²) in [4.78, 5) is 23.2. The maximum atomic E-state index is 12.0. The van der Waals surface area contributed by atoms with Gasteiger partial charge in [-0.05, 0) is 56.1 Å². The number of nitro benzene ring substituents is 1. The molecular weight excluding hydrogens is 410 g/mol. The van der Waals surface area contributed by atoms with E-state index >= 15 is 0 Å². The number of nitrogens with zero attached hydrogens (tertiary/aromatic N) is 1. The first-order chi connectivity index (χ1) is 9.49. The Labute approximate surface area is 135 Å². The minimum atomic E-state index is -0.556. The van der Waals surface area contributed by atoms with E-state index in [9.17, 15) is 14.9 Å². The van der Waals surface area contributed by atoms with Crippen LogP contribution in [0.3, 0.4) is 0 Å². The quantitative estimate of drug-likeness (QED) is 0.302. The van der Waals surface area contributed by atoms with Crippen LogP contribution in [-0.4, -0.2) is 10.7 Å². The van der Waals surface area contributed by atoms with Gasteiger partial charge in [-0.3, -0.25) is 14.9 Å². The first-order valence-corrected chi connectivity index (χ1v) is 7.80. The molecule has 2 rings (SSSR count). The van der Waals surface area contributed by atoms with Crippen molar-refractivity contribution in [1.82, 2.24) is 0 Å². The molecule has 1 aromatic heterocycles. The number of carbonyl (C=O) groups excluding carboxylic acids is 1. The Balaban J connectivity index is 2.26.